The van der Waals surface area contributed by atoms with E-state index < -0.39 is 11.7 Å². The minimum absolute atomic E-state index is 0.161. The fourth-order valence-corrected chi connectivity index (χ4v) is 2.32. The number of carbonyl (C=O) groups is 2. The Kier molecular flexibility index (Phi) is 2.76. The van der Waals surface area contributed by atoms with Crippen molar-refractivity contribution in [2.75, 3.05) is 32.2 Å². The molecule has 0 aromatic heterocycles. The van der Waals surface area contributed by atoms with Crippen LogP contribution in [0.2, 0.25) is 0 Å². The summed E-state index contributed by atoms with van der Waals surface area (Å²) in [4.78, 5) is 23.8. The van der Waals surface area contributed by atoms with Gasteiger partial charge in [0.1, 0.15) is 6.61 Å². The Morgan fingerprint density at radius 2 is 2.26 bits per heavy atom. The first-order valence-electron chi connectivity index (χ1n) is 5.93. The fraction of sp³-hybridized carbons (Fsp3) is 0.385. The lowest BCUT2D eigenvalue weighted by atomic mass is 10.0. The molecule has 1 unspecified atom stereocenters. The number of hydrogen-bond acceptors (Lipinski definition) is 6. The predicted octanol–water partition coefficient (Wildman–Crippen LogP) is 0.825. The second kappa shape index (κ2) is 4.32. The van der Waals surface area contributed by atoms with Crippen LogP contribution >= 0.6 is 0 Å². The van der Waals surface area contributed by atoms with Crippen LogP contribution in [0.4, 0.5) is 5.69 Å². The number of nitrogens with one attached hydrogen (secondary N) is 1. The van der Waals surface area contributed by atoms with Crippen LogP contribution in [0.5, 0.6) is 0 Å². The number of Topliss-reactive ketones (excluding diaryl/α,β-unsaturated/α-hetero) is 1. The van der Waals surface area contributed by atoms with E-state index >= 15 is 0 Å². The second-order valence-corrected chi connectivity index (χ2v) is 4.43. The van der Waals surface area contributed by atoms with Crippen LogP contribution in [0.15, 0.2) is 18.2 Å². The van der Waals surface area contributed by atoms with Crippen LogP contribution in [0, 0.1) is 0 Å². The standard InChI is InChI=1S/C13H13NO5/c1-17-12(16)8-2-3-9-10(6-8)14-13(11(9)15)7-18-4-5-19-13/h2-3,6,14H,4-5,7H2,1H3. The molecule has 0 radical (unpaired) electrons. The molecule has 1 atom stereocenters. The summed E-state index contributed by atoms with van der Waals surface area (Å²) in [6, 6.07) is 4.75. The molecule has 1 aromatic carbocycles. The van der Waals surface area contributed by atoms with Gasteiger partial charge in [0, 0.05) is 11.3 Å². The van der Waals surface area contributed by atoms with Crippen LogP contribution in [-0.2, 0) is 14.2 Å². The first-order valence-corrected chi connectivity index (χ1v) is 5.93. The lowest BCUT2D eigenvalue weighted by molar-refractivity contribution is -0.117. The van der Waals surface area contributed by atoms with Gasteiger partial charge in [0.15, 0.2) is 0 Å². The maximum Gasteiger partial charge on any atom is 0.337 e. The average molecular weight is 263 g/mol. The molecule has 6 nitrogen and oxygen atoms in total. The van der Waals surface area contributed by atoms with Crippen LogP contribution < -0.4 is 5.32 Å². The van der Waals surface area contributed by atoms with Crippen molar-refractivity contribution in [1.29, 1.82) is 0 Å². The molecule has 0 amide bonds. The SMILES string of the molecule is COC(=O)c1ccc2c(c1)NC1(COCCO1)C2=O. The maximum atomic E-state index is 12.3. The van der Waals surface area contributed by atoms with Crippen molar-refractivity contribution in [3.8, 4) is 0 Å². The highest BCUT2D eigenvalue weighted by Gasteiger charge is 2.48. The van der Waals surface area contributed by atoms with Gasteiger partial charge in [-0.3, -0.25) is 4.79 Å². The zero-order chi connectivity index (χ0) is 13.5. The monoisotopic (exact) mass is 263 g/mol. The van der Waals surface area contributed by atoms with Crippen LogP contribution in [-0.4, -0.2) is 44.4 Å². The maximum absolute atomic E-state index is 12.3. The van der Waals surface area contributed by atoms with E-state index in [1.54, 1.807) is 18.2 Å². The molecule has 0 bridgehead atoms. The third-order valence-corrected chi connectivity index (χ3v) is 3.27. The lowest BCUT2D eigenvalue weighted by Gasteiger charge is -2.32. The summed E-state index contributed by atoms with van der Waals surface area (Å²) >= 11 is 0. The van der Waals surface area contributed by atoms with Gasteiger partial charge in [-0.05, 0) is 18.2 Å². The summed E-state index contributed by atoms with van der Waals surface area (Å²) in [5.41, 5.74) is 0.307. The van der Waals surface area contributed by atoms with E-state index in [1.807, 2.05) is 0 Å². The van der Waals surface area contributed by atoms with E-state index in [0.717, 1.165) is 0 Å². The Bertz CT molecular complexity index is 548. The number of ether oxygens (including phenoxy) is 3. The fourth-order valence-electron chi connectivity index (χ4n) is 2.32. The highest BCUT2D eigenvalue weighted by atomic mass is 16.6. The molecule has 2 aliphatic heterocycles. The quantitative estimate of drug-likeness (QED) is 0.756. The third-order valence-electron chi connectivity index (χ3n) is 3.27. The summed E-state index contributed by atoms with van der Waals surface area (Å²) in [5.74, 6) is -0.613. The van der Waals surface area contributed by atoms with Gasteiger partial charge in [0.25, 0.3) is 0 Å². The Labute approximate surface area is 109 Å². The molecule has 0 aliphatic carbocycles. The van der Waals surface area contributed by atoms with Gasteiger partial charge >= 0.3 is 5.97 Å². The molecular weight excluding hydrogens is 250 g/mol. The van der Waals surface area contributed by atoms with Crippen LogP contribution in [0.1, 0.15) is 20.7 Å². The van der Waals surface area contributed by atoms with E-state index in [0.29, 0.717) is 30.0 Å². The molecule has 2 heterocycles. The number of benzene rings is 1. The zero-order valence-corrected chi connectivity index (χ0v) is 10.4. The topological polar surface area (TPSA) is 73.9 Å². The highest BCUT2D eigenvalue weighted by Crippen LogP contribution is 2.35. The minimum atomic E-state index is -1.14. The van der Waals surface area contributed by atoms with E-state index in [1.165, 1.54) is 7.11 Å². The van der Waals surface area contributed by atoms with Gasteiger partial charge in [-0.1, -0.05) is 0 Å². The molecule has 1 N–H and O–H groups in total. The Morgan fingerprint density at radius 1 is 1.42 bits per heavy atom. The number of fused-ring (bicyclic) bond motifs is 1. The van der Waals surface area contributed by atoms with Gasteiger partial charge in [0.2, 0.25) is 11.5 Å². The van der Waals surface area contributed by atoms with Gasteiger partial charge in [-0.25, -0.2) is 4.79 Å². The number of esters is 1. The third kappa shape index (κ3) is 1.80. The van der Waals surface area contributed by atoms with Crippen molar-refractivity contribution in [1.82, 2.24) is 0 Å². The minimum Gasteiger partial charge on any atom is -0.465 e. The highest BCUT2D eigenvalue weighted by molar-refractivity contribution is 6.13. The van der Waals surface area contributed by atoms with Crippen molar-refractivity contribution in [2.24, 2.45) is 0 Å². The molecule has 3 rings (SSSR count). The molecule has 1 spiro atoms. The predicted molar refractivity (Wildman–Crippen MR) is 65.2 cm³/mol. The summed E-state index contributed by atoms with van der Waals surface area (Å²) < 4.78 is 15.5. The van der Waals surface area contributed by atoms with Crippen LogP contribution in [0.3, 0.4) is 0 Å². The molecular formula is C13H13NO5. The molecule has 1 fully saturated rings. The first-order chi connectivity index (χ1) is 9.16. The lowest BCUT2D eigenvalue weighted by Crippen LogP contribution is -2.52. The van der Waals surface area contributed by atoms with Gasteiger partial charge < -0.3 is 19.5 Å². The van der Waals surface area contributed by atoms with Crippen molar-refractivity contribution in [2.45, 2.75) is 5.72 Å². The Hall–Kier alpha value is -1.92. The zero-order valence-electron chi connectivity index (χ0n) is 10.4. The first kappa shape index (κ1) is 12.1. The number of hydrogen-bond donors (Lipinski definition) is 1. The van der Waals surface area contributed by atoms with Gasteiger partial charge in [-0.2, -0.15) is 0 Å². The summed E-state index contributed by atoms with van der Waals surface area (Å²) in [6.45, 7) is 0.991. The van der Waals surface area contributed by atoms with E-state index in [2.05, 4.69) is 10.1 Å². The van der Waals surface area contributed by atoms with E-state index in [4.69, 9.17) is 9.47 Å². The second-order valence-electron chi connectivity index (χ2n) is 4.43. The number of carbonyl (C=O) groups excluding carboxylic acids is 2. The molecule has 6 heteroatoms. The van der Waals surface area contributed by atoms with Crippen LogP contribution in [0.25, 0.3) is 0 Å². The molecule has 0 saturated carbocycles. The van der Waals surface area contributed by atoms with E-state index in [-0.39, 0.29) is 12.4 Å². The van der Waals surface area contributed by atoms with Crippen molar-refractivity contribution < 1.29 is 23.8 Å². The van der Waals surface area contributed by atoms with Crippen molar-refractivity contribution in [3.05, 3.63) is 29.3 Å². The summed E-state index contributed by atoms with van der Waals surface area (Å²) in [6.07, 6.45) is 0. The number of ketones is 1. The number of methoxy groups -OCH3 is 1. The van der Waals surface area contributed by atoms with Gasteiger partial charge in [-0.15, -0.1) is 0 Å². The Balaban J connectivity index is 1.96. The molecule has 100 valence electrons. The summed E-state index contributed by atoms with van der Waals surface area (Å²) in [7, 11) is 1.31. The molecule has 1 aromatic rings. The average Bonchev–Trinajstić information content (AvgIpc) is 2.71. The smallest absolute Gasteiger partial charge is 0.337 e. The summed E-state index contributed by atoms with van der Waals surface area (Å²) in [5, 5.41) is 3.01. The number of anilines is 1. The molecule has 1 saturated heterocycles. The van der Waals surface area contributed by atoms with Crippen molar-refractivity contribution in [3.63, 3.8) is 0 Å². The normalized spacial score (nSPS) is 25.0. The van der Waals surface area contributed by atoms with E-state index in [9.17, 15) is 9.59 Å². The van der Waals surface area contributed by atoms with Crippen molar-refractivity contribution >= 4 is 17.4 Å². The largest absolute Gasteiger partial charge is 0.465 e. The Morgan fingerprint density at radius 3 is 2.95 bits per heavy atom. The molecule has 2 aliphatic rings. The van der Waals surface area contributed by atoms with Gasteiger partial charge in [0.05, 0.1) is 25.9 Å². The number of rotatable bonds is 1. The molecule has 19 heavy (non-hydrogen) atoms.